The Bertz CT molecular complexity index is 3290. The molecule has 4 heterocycles. The average Bonchev–Trinajstić information content (AvgIpc) is 4.01. The molecule has 11 rings (SSSR count). The first-order valence-corrected chi connectivity index (χ1v) is 23.0. The number of carbonyl (C=O) groups excluding carboxylic acids is 2. The number of rotatable bonds is 5. The molecule has 60 heavy (non-hydrogen) atoms. The van der Waals surface area contributed by atoms with E-state index >= 15 is 0 Å². The van der Waals surface area contributed by atoms with Gasteiger partial charge in [0.2, 0.25) is 11.6 Å². The van der Waals surface area contributed by atoms with E-state index in [2.05, 4.69) is 168 Å². The van der Waals surface area contributed by atoms with Gasteiger partial charge in [0.25, 0.3) is 0 Å². The fraction of sp³-hybridized carbons (Fsp3) is 0.0417. The van der Waals surface area contributed by atoms with Crippen LogP contribution < -0.4 is 0 Å². The van der Waals surface area contributed by atoms with Crippen LogP contribution >= 0.6 is 43.2 Å². The van der Waals surface area contributed by atoms with E-state index in [1.165, 1.54) is 39.5 Å². The first-order chi connectivity index (χ1) is 29.4. The average molecular weight is 1010 g/mol. The molecule has 0 fully saturated rings. The Morgan fingerprint density at radius 1 is 0.467 bits per heavy atom. The van der Waals surface area contributed by atoms with Gasteiger partial charge in [0.1, 0.15) is 0 Å². The smallest absolute Gasteiger partial charge is 0.220 e. The van der Waals surface area contributed by atoms with E-state index in [4.69, 9.17) is 16.1 Å². The van der Waals surface area contributed by atoms with Crippen molar-refractivity contribution in [3.05, 3.63) is 189 Å². The van der Waals surface area contributed by atoms with Crippen molar-refractivity contribution in [1.82, 2.24) is 27.9 Å². The summed E-state index contributed by atoms with van der Waals surface area (Å²) in [7, 11) is 0. The van der Waals surface area contributed by atoms with Gasteiger partial charge in [0, 0.05) is 14.9 Å². The van der Waals surface area contributed by atoms with Crippen molar-refractivity contribution in [3.8, 4) is 11.4 Å². The van der Waals surface area contributed by atoms with Gasteiger partial charge in [-0.15, -0.1) is 0 Å². The number of imidazole rings is 4. The fourth-order valence-corrected chi connectivity index (χ4v) is 10.4. The summed E-state index contributed by atoms with van der Waals surface area (Å²) in [5.41, 5.74) is 11.3. The zero-order chi connectivity index (χ0) is 41.2. The van der Waals surface area contributed by atoms with E-state index < -0.39 is 32.6 Å². The van der Waals surface area contributed by atoms with Gasteiger partial charge in [-0.05, 0) is 101 Å². The maximum Gasteiger partial charge on any atom is 0.220 e. The first-order valence-electron chi connectivity index (χ1n) is 19.0. The number of hydrogen-bond acceptors (Lipinski definition) is 6. The van der Waals surface area contributed by atoms with Crippen LogP contribution in [-0.2, 0) is 15.7 Å². The van der Waals surface area contributed by atoms with Crippen molar-refractivity contribution in [1.29, 1.82) is 0 Å². The number of para-hydroxylation sites is 8. The molecule has 10 nitrogen and oxygen atoms in total. The third-order valence-electron chi connectivity index (χ3n) is 9.57. The molecule has 0 radical (unpaired) electrons. The second-order valence-corrected chi connectivity index (χ2v) is 18.2. The van der Waals surface area contributed by atoms with E-state index in [0.717, 1.165) is 48.6 Å². The number of fused-ring (bicyclic) bond motifs is 10. The summed E-state index contributed by atoms with van der Waals surface area (Å²) in [5, 5.41) is 0. The van der Waals surface area contributed by atoms with Gasteiger partial charge >= 0.3 is 96.1 Å². The zero-order valence-electron chi connectivity index (χ0n) is 32.4. The Balaban J connectivity index is 0.000000119. The summed E-state index contributed by atoms with van der Waals surface area (Å²) in [5.74, 6) is 1.05. The van der Waals surface area contributed by atoms with E-state index in [1.807, 2.05) is 42.5 Å². The van der Waals surface area contributed by atoms with Crippen LogP contribution in [0.15, 0.2) is 182 Å². The fourth-order valence-electron chi connectivity index (χ4n) is 7.21. The zero-order valence-corrected chi connectivity index (χ0v) is 36.7. The van der Waals surface area contributed by atoms with E-state index in [1.54, 1.807) is 12.1 Å². The molecule has 0 aliphatic rings. The van der Waals surface area contributed by atoms with Crippen LogP contribution in [0.25, 0.3) is 67.1 Å². The number of carbonyl (C=O) groups is 2. The van der Waals surface area contributed by atoms with E-state index in [-0.39, 0.29) is 0 Å². The summed E-state index contributed by atoms with van der Waals surface area (Å²) in [6.45, 7) is 2.60. The summed E-state index contributed by atoms with van der Waals surface area (Å²) in [4.78, 5) is 31.4. The van der Waals surface area contributed by atoms with Crippen molar-refractivity contribution >= 4 is 111 Å². The predicted octanol–water partition coefficient (Wildman–Crippen LogP) is 11.8. The molecule has 7 aromatic carbocycles. The molecule has 0 saturated carbocycles. The maximum atomic E-state index is 10.8. The Hall–Kier alpha value is -6.52. The van der Waals surface area contributed by atoms with Crippen molar-refractivity contribution < 1.29 is 15.7 Å². The predicted molar refractivity (Wildman–Crippen MR) is 254 cm³/mol. The molecule has 0 N–H and O–H groups in total. The van der Waals surface area contributed by atoms with Crippen LogP contribution in [0.4, 0.5) is 0 Å². The van der Waals surface area contributed by atoms with E-state index in [0.29, 0.717) is 0 Å². The molecule has 0 aliphatic carbocycles. The van der Waals surface area contributed by atoms with Crippen LogP contribution in [-0.4, -0.2) is 39.8 Å². The Labute approximate surface area is 366 Å². The molecule has 0 amide bonds. The van der Waals surface area contributed by atoms with Crippen LogP contribution in [0.5, 0.6) is 0 Å². The molecule has 12 heteroatoms. The second kappa shape index (κ2) is 17.0. The number of hydrogen-bond donors (Lipinski definition) is 0. The van der Waals surface area contributed by atoms with Crippen LogP contribution in [0.1, 0.15) is 13.8 Å². The molecule has 0 saturated heterocycles. The van der Waals surface area contributed by atoms with Gasteiger partial charge in [0.15, 0.2) is 0 Å². The third kappa shape index (κ3) is 7.59. The minimum absolute atomic E-state index is 0.426. The summed E-state index contributed by atoms with van der Waals surface area (Å²) in [6, 6.07) is 61.4. The van der Waals surface area contributed by atoms with Crippen LogP contribution in [0, 0.1) is 7.14 Å². The summed E-state index contributed by atoms with van der Waals surface area (Å²) >= 11 is -0.229. The molecule has 296 valence electrons. The molecule has 0 aliphatic heterocycles. The number of halogens is 2. The topological polar surface area (TPSA) is 97.1 Å². The van der Waals surface area contributed by atoms with Gasteiger partial charge in [-0.3, -0.25) is 17.9 Å². The van der Waals surface area contributed by atoms with Gasteiger partial charge in [-0.1, -0.05) is 72.8 Å². The normalized spacial score (nSPS) is 11.3. The molecular formula is C48H36I2N6O4. The summed E-state index contributed by atoms with van der Waals surface area (Å²) in [6.07, 6.45) is 0. The quantitative estimate of drug-likeness (QED) is 0.159. The number of benzene rings is 7. The van der Waals surface area contributed by atoms with Gasteiger partial charge in [-0.25, -0.2) is 9.97 Å². The van der Waals surface area contributed by atoms with Crippen molar-refractivity contribution in [2.75, 3.05) is 0 Å². The Kier molecular flexibility index (Phi) is 11.0. The van der Waals surface area contributed by atoms with Crippen LogP contribution in [0.2, 0.25) is 0 Å². The number of nitrogens with zero attached hydrogens (tertiary/aromatic N) is 6. The molecule has 0 spiro atoms. The SMILES string of the molecule is CC(=O)OI(OC(C)=O)c1ccccc1.Ic1ccc2c(c1)n1c3ccccc3nc1n2-c1ccccc1.c1ccc(-n2c3ccccc3n3c4ccccc4nc23)cc1. The standard InChI is InChI=1S/C19H12IN3.C19H13N3.C10H11IO4/c20-13-10-11-17-18(12-13)23-16-9-5-4-8-15(16)21-19(23)22(17)14-6-2-1-3-7-14;1-2-8-14(9-3-1)21-17-12-6-7-13-18(17)22-16-11-5-4-10-15(16)20-19(21)22;1-8(12)14-11(15-9(2)13)10-6-4-3-5-7-10/h1-12H;1-13H;3-7H,1-2H3. The van der Waals surface area contributed by atoms with Crippen molar-refractivity contribution in [2.24, 2.45) is 0 Å². The second-order valence-electron chi connectivity index (χ2n) is 13.6. The van der Waals surface area contributed by atoms with Gasteiger partial charge < -0.3 is 0 Å². The Morgan fingerprint density at radius 2 is 0.867 bits per heavy atom. The number of aromatic nitrogens is 6. The third-order valence-corrected chi connectivity index (χ3v) is 14.0. The van der Waals surface area contributed by atoms with Gasteiger partial charge in [0.05, 0.1) is 44.1 Å². The minimum atomic E-state index is -2.59. The minimum Gasteiger partial charge on any atom is -0.278 e. The first kappa shape index (κ1) is 39.0. The van der Waals surface area contributed by atoms with Crippen molar-refractivity contribution in [3.63, 3.8) is 0 Å². The molecule has 0 bridgehead atoms. The molecule has 4 aromatic heterocycles. The molecule has 11 aromatic rings. The monoisotopic (exact) mass is 1010 g/mol. The summed E-state index contributed by atoms with van der Waals surface area (Å²) < 4.78 is 21.0. The largest absolute Gasteiger partial charge is 0.278 e. The van der Waals surface area contributed by atoms with Gasteiger partial charge in [-0.2, -0.15) is 0 Å². The van der Waals surface area contributed by atoms with E-state index in [9.17, 15) is 9.59 Å². The molecule has 0 unspecified atom stereocenters. The maximum absolute atomic E-state index is 10.8. The van der Waals surface area contributed by atoms with Crippen molar-refractivity contribution in [2.45, 2.75) is 13.8 Å². The van der Waals surface area contributed by atoms with Crippen LogP contribution in [0.3, 0.4) is 0 Å². The molecule has 0 atom stereocenters. The molecular weight excluding hydrogens is 978 g/mol. The Morgan fingerprint density at radius 3 is 1.37 bits per heavy atom.